The zero-order chi connectivity index (χ0) is 17.6. The van der Waals surface area contributed by atoms with Crippen LogP contribution in [0.25, 0.3) is 0 Å². The molecular formula is C10H14FN2O9P. The molecule has 0 unspecified atom stereocenters. The number of halogens is 1. The highest BCUT2D eigenvalue weighted by Gasteiger charge is 2.62. The summed E-state index contributed by atoms with van der Waals surface area (Å²) in [5.74, 6) is -3.58. The first-order valence-corrected chi connectivity index (χ1v) is 7.76. The molecule has 1 aromatic heterocycles. The van der Waals surface area contributed by atoms with Crippen molar-refractivity contribution in [2.75, 3.05) is 0 Å². The lowest BCUT2D eigenvalue weighted by Crippen LogP contribution is -2.47. The zero-order valence-corrected chi connectivity index (χ0v) is 12.5. The lowest BCUT2D eigenvalue weighted by molar-refractivity contribution is -0.194. The highest BCUT2D eigenvalue weighted by atomic mass is 31.2. The van der Waals surface area contributed by atoms with Gasteiger partial charge in [0.15, 0.2) is 12.3 Å². The number of alkyl halides is 1. The van der Waals surface area contributed by atoms with Gasteiger partial charge in [-0.3, -0.25) is 18.9 Å². The van der Waals surface area contributed by atoms with Crippen LogP contribution in [0.2, 0.25) is 0 Å². The molecule has 130 valence electrons. The molecule has 1 saturated heterocycles. The van der Waals surface area contributed by atoms with Crippen molar-refractivity contribution in [2.24, 2.45) is 0 Å². The van der Waals surface area contributed by atoms with Crippen molar-refractivity contribution in [1.82, 2.24) is 9.55 Å². The van der Waals surface area contributed by atoms with Gasteiger partial charge in [-0.1, -0.05) is 0 Å². The third-order valence-electron chi connectivity index (χ3n) is 3.16. The normalized spacial score (nSPS) is 32.9. The fraction of sp³-hybridized carbons (Fsp3) is 0.600. The van der Waals surface area contributed by atoms with Crippen molar-refractivity contribution in [1.29, 1.82) is 0 Å². The highest BCUT2D eigenvalue weighted by molar-refractivity contribution is 7.46. The third kappa shape index (κ3) is 3.58. The standard InChI is InChI=1S/C10H14FN2O9P/c1-4(14)6-7(22-23(18,19)20)10(11,17)8(21-6)13-3-2-5(15)12-9(13)16/h2-4,6-8,14,17H,1H3,(H,12,15,16)(H2,18,19,20)/t4-,6-,7-,8-,10-/m1/s1. The molecule has 23 heavy (non-hydrogen) atoms. The van der Waals surface area contributed by atoms with E-state index in [9.17, 15) is 28.8 Å². The number of rotatable bonds is 4. The Morgan fingerprint density at radius 1 is 1.52 bits per heavy atom. The first-order chi connectivity index (χ1) is 10.4. The number of H-pyrrole nitrogens is 1. The molecule has 13 heteroatoms. The molecule has 0 amide bonds. The molecule has 2 heterocycles. The summed E-state index contributed by atoms with van der Waals surface area (Å²) in [6.07, 6.45) is -6.77. The van der Waals surface area contributed by atoms with Gasteiger partial charge in [0.25, 0.3) is 11.4 Å². The predicted molar refractivity (Wildman–Crippen MR) is 69.9 cm³/mol. The number of ether oxygens (including phenoxy) is 1. The fourth-order valence-electron chi connectivity index (χ4n) is 2.21. The molecule has 0 aliphatic carbocycles. The van der Waals surface area contributed by atoms with Crippen molar-refractivity contribution in [2.45, 2.75) is 37.3 Å². The Hall–Kier alpha value is -1.40. The van der Waals surface area contributed by atoms with Gasteiger partial charge < -0.3 is 24.7 Å². The zero-order valence-electron chi connectivity index (χ0n) is 11.6. The van der Waals surface area contributed by atoms with Crippen LogP contribution in [0.1, 0.15) is 13.2 Å². The van der Waals surface area contributed by atoms with E-state index in [4.69, 9.17) is 14.5 Å². The largest absolute Gasteiger partial charge is 0.470 e. The van der Waals surface area contributed by atoms with Crippen molar-refractivity contribution >= 4 is 7.82 Å². The number of aliphatic hydroxyl groups is 2. The first-order valence-electron chi connectivity index (χ1n) is 6.23. The van der Waals surface area contributed by atoms with Gasteiger partial charge in [0.1, 0.15) is 6.10 Å². The summed E-state index contributed by atoms with van der Waals surface area (Å²) in [6.45, 7) is 1.11. The van der Waals surface area contributed by atoms with E-state index in [0.29, 0.717) is 4.57 Å². The Kier molecular flexibility index (Phi) is 4.61. The highest BCUT2D eigenvalue weighted by Crippen LogP contribution is 2.49. The molecule has 0 aromatic carbocycles. The minimum atomic E-state index is -5.25. The Morgan fingerprint density at radius 3 is 2.61 bits per heavy atom. The maximum Gasteiger partial charge on any atom is 0.470 e. The Labute approximate surface area is 127 Å². The van der Waals surface area contributed by atoms with Crippen LogP contribution in [0.5, 0.6) is 0 Å². The summed E-state index contributed by atoms with van der Waals surface area (Å²) in [5.41, 5.74) is -1.93. The third-order valence-corrected chi connectivity index (χ3v) is 3.66. The Balaban J connectivity index is 2.48. The lowest BCUT2D eigenvalue weighted by Gasteiger charge is -2.26. The van der Waals surface area contributed by atoms with E-state index >= 15 is 0 Å². The molecule has 5 N–H and O–H groups in total. The number of hydrogen-bond acceptors (Lipinski definition) is 7. The van der Waals surface area contributed by atoms with Crippen molar-refractivity contribution in [3.05, 3.63) is 33.1 Å². The van der Waals surface area contributed by atoms with E-state index in [0.717, 1.165) is 19.2 Å². The van der Waals surface area contributed by atoms with Crippen LogP contribution in [0.4, 0.5) is 4.39 Å². The van der Waals surface area contributed by atoms with E-state index in [-0.39, 0.29) is 0 Å². The topological polar surface area (TPSA) is 171 Å². The summed E-state index contributed by atoms with van der Waals surface area (Å²) >= 11 is 0. The van der Waals surface area contributed by atoms with Crippen molar-refractivity contribution in [3.8, 4) is 0 Å². The molecule has 1 aromatic rings. The molecular weight excluding hydrogens is 342 g/mol. The Morgan fingerprint density at radius 2 is 2.13 bits per heavy atom. The van der Waals surface area contributed by atoms with Crippen LogP contribution in [0.15, 0.2) is 21.9 Å². The lowest BCUT2D eigenvalue weighted by atomic mass is 10.0. The number of nitrogens with one attached hydrogen (secondary N) is 1. The monoisotopic (exact) mass is 356 g/mol. The number of hydrogen-bond donors (Lipinski definition) is 5. The van der Waals surface area contributed by atoms with Gasteiger partial charge in [-0.25, -0.2) is 13.8 Å². The van der Waals surface area contributed by atoms with Gasteiger partial charge in [-0.2, -0.15) is 0 Å². The van der Waals surface area contributed by atoms with Crippen molar-refractivity contribution < 1.29 is 38.2 Å². The molecule has 0 radical (unpaired) electrons. The SMILES string of the molecule is C[C@@H](O)[C@H]1O[C@@H](n2ccc(=O)[nH]c2=O)[C@@](O)(F)[C@@H]1OP(=O)(O)O. The minimum Gasteiger partial charge on any atom is -0.391 e. The quantitative estimate of drug-likeness (QED) is 0.381. The van der Waals surface area contributed by atoms with E-state index in [1.54, 1.807) is 4.98 Å². The van der Waals surface area contributed by atoms with Gasteiger partial charge in [0.2, 0.25) is 0 Å². The van der Waals surface area contributed by atoms with Crippen molar-refractivity contribution in [3.63, 3.8) is 0 Å². The predicted octanol–water partition coefficient (Wildman–Crippen LogP) is -2.05. The number of aromatic amines is 1. The number of aliphatic hydroxyl groups excluding tert-OH is 1. The summed E-state index contributed by atoms with van der Waals surface area (Å²) in [5, 5.41) is 19.5. The van der Waals surface area contributed by atoms with E-state index in [2.05, 4.69) is 4.52 Å². The van der Waals surface area contributed by atoms with E-state index < -0.39 is 49.5 Å². The summed E-state index contributed by atoms with van der Waals surface area (Å²) in [7, 11) is -5.25. The van der Waals surface area contributed by atoms with E-state index in [1.807, 2.05) is 0 Å². The number of nitrogens with zero attached hydrogens (tertiary/aromatic N) is 1. The molecule has 0 bridgehead atoms. The van der Waals surface area contributed by atoms with Crippen LogP contribution in [0.3, 0.4) is 0 Å². The van der Waals surface area contributed by atoms with Crippen LogP contribution in [0, 0.1) is 0 Å². The van der Waals surface area contributed by atoms with Gasteiger partial charge in [0, 0.05) is 12.3 Å². The second-order valence-corrected chi connectivity index (χ2v) is 6.15. The molecule has 0 saturated carbocycles. The van der Waals surface area contributed by atoms with E-state index in [1.165, 1.54) is 0 Å². The average Bonchev–Trinajstić information content (AvgIpc) is 2.61. The van der Waals surface area contributed by atoms with Crippen LogP contribution in [-0.4, -0.2) is 53.7 Å². The number of aromatic nitrogens is 2. The second-order valence-electron chi connectivity index (χ2n) is 4.96. The fourth-order valence-corrected chi connectivity index (χ4v) is 2.77. The molecule has 11 nitrogen and oxygen atoms in total. The second kappa shape index (κ2) is 5.91. The average molecular weight is 356 g/mol. The van der Waals surface area contributed by atoms with Gasteiger partial charge in [-0.15, -0.1) is 0 Å². The smallest absolute Gasteiger partial charge is 0.391 e. The molecule has 2 rings (SSSR count). The summed E-state index contributed by atoms with van der Waals surface area (Å²) in [6, 6.07) is 0.843. The minimum absolute atomic E-state index is 0.458. The van der Waals surface area contributed by atoms with Gasteiger partial charge >= 0.3 is 13.5 Å². The Bertz CT molecular complexity index is 738. The molecule has 5 atom stereocenters. The first kappa shape index (κ1) is 17.9. The molecule has 1 aliphatic heterocycles. The molecule has 0 spiro atoms. The van der Waals surface area contributed by atoms with Crippen LogP contribution in [-0.2, 0) is 13.8 Å². The molecule has 1 aliphatic rings. The summed E-state index contributed by atoms with van der Waals surface area (Å²) in [4.78, 5) is 42.1. The summed E-state index contributed by atoms with van der Waals surface area (Å²) < 4.78 is 35.2. The number of phosphoric ester groups is 1. The van der Waals surface area contributed by atoms with Crippen LogP contribution < -0.4 is 11.2 Å². The maximum atomic E-state index is 14.6. The van der Waals surface area contributed by atoms with Gasteiger partial charge in [-0.05, 0) is 6.92 Å². The maximum absolute atomic E-state index is 14.6. The molecule has 1 fully saturated rings. The van der Waals surface area contributed by atoms with Crippen LogP contribution >= 0.6 is 7.82 Å². The van der Waals surface area contributed by atoms with Gasteiger partial charge in [0.05, 0.1) is 6.10 Å². The number of phosphoric acid groups is 1.